The summed E-state index contributed by atoms with van der Waals surface area (Å²) in [6, 6.07) is 8.04. The molecule has 2 heterocycles. The minimum absolute atomic E-state index is 0.00405. The Balaban J connectivity index is 1.95. The molecule has 1 fully saturated rings. The number of hydrogen-bond donors (Lipinski definition) is 1. The lowest BCUT2D eigenvalue weighted by atomic mass is 10.3. The third-order valence-electron chi connectivity index (χ3n) is 2.48. The van der Waals surface area contributed by atoms with Gasteiger partial charge in [0.1, 0.15) is 5.01 Å². The lowest BCUT2D eigenvalue weighted by Gasteiger charge is -1.92. The molecule has 1 amide bonds. The highest BCUT2D eigenvalue weighted by atomic mass is 32.2. The molecule has 1 saturated heterocycles. The van der Waals surface area contributed by atoms with Crippen molar-refractivity contribution < 1.29 is 4.79 Å². The van der Waals surface area contributed by atoms with Crippen LogP contribution in [-0.2, 0) is 4.79 Å². The first-order valence-electron chi connectivity index (χ1n) is 5.27. The number of para-hydroxylation sites is 1. The number of carbonyl (C=O) groups is 1. The van der Waals surface area contributed by atoms with Crippen LogP contribution in [0.3, 0.4) is 0 Å². The molecule has 1 aliphatic rings. The summed E-state index contributed by atoms with van der Waals surface area (Å²) in [5.74, 6) is 0.0716. The molecule has 86 valence electrons. The Hall–Kier alpha value is -1.33. The molecule has 1 N–H and O–H groups in total. The number of amides is 1. The number of nitrogens with zero attached hydrogens (tertiary/aromatic N) is 1. The van der Waals surface area contributed by atoms with Gasteiger partial charge >= 0.3 is 0 Å². The number of benzene rings is 1. The molecule has 5 heteroatoms. The number of aromatic nitrogens is 1. The number of hydrogen-bond acceptors (Lipinski definition) is 4. The van der Waals surface area contributed by atoms with Crippen molar-refractivity contribution in [1.29, 1.82) is 0 Å². The van der Waals surface area contributed by atoms with Crippen LogP contribution in [0.2, 0.25) is 0 Å². The number of rotatable bonds is 1. The summed E-state index contributed by atoms with van der Waals surface area (Å²) in [5, 5.41) is 4.67. The lowest BCUT2D eigenvalue weighted by Crippen LogP contribution is -2.19. The summed E-state index contributed by atoms with van der Waals surface area (Å²) in [6.45, 7) is 1.90. The molecule has 1 aromatic carbocycles. The molecule has 1 aliphatic heterocycles. The third kappa shape index (κ3) is 2.08. The molecule has 1 unspecified atom stereocenters. The van der Waals surface area contributed by atoms with E-state index >= 15 is 0 Å². The van der Waals surface area contributed by atoms with E-state index in [1.807, 2.05) is 31.2 Å². The van der Waals surface area contributed by atoms with Crippen LogP contribution in [0.1, 0.15) is 11.9 Å². The molecule has 3 nitrogen and oxygen atoms in total. The van der Waals surface area contributed by atoms with Crippen molar-refractivity contribution in [3.8, 4) is 0 Å². The van der Waals surface area contributed by atoms with Gasteiger partial charge in [-0.25, -0.2) is 4.98 Å². The number of nitrogens with one attached hydrogen (secondary N) is 1. The van der Waals surface area contributed by atoms with Crippen molar-refractivity contribution >= 4 is 45.3 Å². The first-order chi connectivity index (χ1) is 8.22. The summed E-state index contributed by atoms with van der Waals surface area (Å²) in [5.41, 5.74) is 1.01. The average Bonchev–Trinajstić information content (AvgIpc) is 2.83. The van der Waals surface area contributed by atoms with E-state index in [0.717, 1.165) is 15.6 Å². The van der Waals surface area contributed by atoms with E-state index in [-0.39, 0.29) is 11.2 Å². The third-order valence-corrected chi connectivity index (χ3v) is 4.51. The fourth-order valence-corrected chi connectivity index (χ4v) is 3.50. The number of thiazole rings is 1. The van der Waals surface area contributed by atoms with Gasteiger partial charge in [0, 0.05) is 6.08 Å². The van der Waals surface area contributed by atoms with Crippen molar-refractivity contribution in [3.05, 3.63) is 34.3 Å². The van der Waals surface area contributed by atoms with Crippen LogP contribution >= 0.6 is 23.1 Å². The Morgan fingerprint density at radius 3 is 2.94 bits per heavy atom. The largest absolute Gasteiger partial charge is 0.320 e. The van der Waals surface area contributed by atoms with E-state index in [1.165, 1.54) is 4.70 Å². The molecular formula is C12H10N2OS2. The van der Waals surface area contributed by atoms with Gasteiger partial charge in [-0.05, 0) is 19.1 Å². The molecular weight excluding hydrogens is 252 g/mol. The average molecular weight is 262 g/mol. The quantitative estimate of drug-likeness (QED) is 0.859. The second-order valence-corrected chi connectivity index (χ2v) is 6.22. The van der Waals surface area contributed by atoms with Gasteiger partial charge in [-0.1, -0.05) is 23.9 Å². The van der Waals surface area contributed by atoms with E-state index in [4.69, 9.17) is 0 Å². The van der Waals surface area contributed by atoms with Gasteiger partial charge < -0.3 is 5.32 Å². The van der Waals surface area contributed by atoms with Crippen LogP contribution < -0.4 is 5.32 Å². The summed E-state index contributed by atoms with van der Waals surface area (Å²) in [6.07, 6.45) is 1.94. The number of fused-ring (bicyclic) bond motifs is 1. The van der Waals surface area contributed by atoms with Crippen molar-refractivity contribution in [2.75, 3.05) is 0 Å². The first-order valence-corrected chi connectivity index (χ1v) is 6.97. The fourth-order valence-electron chi connectivity index (χ4n) is 1.63. The SMILES string of the molecule is CC1S/C(=C/c2nc3ccccc3s2)NC1=O. The number of thioether (sulfide) groups is 1. The Morgan fingerprint density at radius 2 is 2.24 bits per heavy atom. The molecule has 1 atom stereocenters. The van der Waals surface area contributed by atoms with E-state index < -0.39 is 0 Å². The Kier molecular flexibility index (Phi) is 2.64. The normalized spacial score (nSPS) is 22.3. The van der Waals surface area contributed by atoms with Crippen LogP contribution in [0.5, 0.6) is 0 Å². The maximum Gasteiger partial charge on any atom is 0.238 e. The van der Waals surface area contributed by atoms with Crippen LogP contribution in [0.25, 0.3) is 16.3 Å². The van der Waals surface area contributed by atoms with Gasteiger partial charge in [0.05, 0.1) is 20.5 Å². The van der Waals surface area contributed by atoms with Crippen LogP contribution in [0.15, 0.2) is 29.3 Å². The molecule has 17 heavy (non-hydrogen) atoms. The second kappa shape index (κ2) is 4.16. The van der Waals surface area contributed by atoms with Gasteiger partial charge in [-0.2, -0.15) is 0 Å². The minimum atomic E-state index is -0.00405. The van der Waals surface area contributed by atoms with E-state index in [9.17, 15) is 4.79 Å². The minimum Gasteiger partial charge on any atom is -0.320 e. The predicted octanol–water partition coefficient (Wildman–Crippen LogP) is 2.85. The lowest BCUT2D eigenvalue weighted by molar-refractivity contribution is -0.118. The maximum atomic E-state index is 11.4. The zero-order chi connectivity index (χ0) is 11.8. The standard InChI is InChI=1S/C12H10N2OS2/c1-7-12(15)14-11(16-7)6-10-13-8-4-2-3-5-9(8)17-10/h2-7H,1H3,(H,14,15)/b11-6+. The smallest absolute Gasteiger partial charge is 0.238 e. The van der Waals surface area contributed by atoms with Gasteiger partial charge in [-0.15, -0.1) is 11.3 Å². The zero-order valence-corrected chi connectivity index (χ0v) is 10.8. The molecule has 0 bridgehead atoms. The summed E-state index contributed by atoms with van der Waals surface area (Å²) >= 11 is 3.18. The topological polar surface area (TPSA) is 42.0 Å². The molecule has 0 radical (unpaired) electrons. The predicted molar refractivity (Wildman–Crippen MR) is 72.8 cm³/mol. The second-order valence-electron chi connectivity index (χ2n) is 3.78. The Bertz CT molecular complexity index is 585. The van der Waals surface area contributed by atoms with Gasteiger partial charge in [-0.3, -0.25) is 4.79 Å². The van der Waals surface area contributed by atoms with Crippen molar-refractivity contribution in [3.63, 3.8) is 0 Å². The van der Waals surface area contributed by atoms with Gasteiger partial charge in [0.2, 0.25) is 5.91 Å². The first kappa shape index (κ1) is 10.8. The molecule has 2 aromatic rings. The van der Waals surface area contributed by atoms with Crippen molar-refractivity contribution in [1.82, 2.24) is 10.3 Å². The highest BCUT2D eigenvalue weighted by molar-refractivity contribution is 8.04. The van der Waals surface area contributed by atoms with Gasteiger partial charge in [0.25, 0.3) is 0 Å². The summed E-state index contributed by atoms with van der Waals surface area (Å²) in [4.78, 5) is 15.9. The summed E-state index contributed by atoms with van der Waals surface area (Å²) in [7, 11) is 0. The zero-order valence-electron chi connectivity index (χ0n) is 9.14. The molecule has 0 spiro atoms. The highest BCUT2D eigenvalue weighted by Gasteiger charge is 2.24. The van der Waals surface area contributed by atoms with Crippen molar-refractivity contribution in [2.45, 2.75) is 12.2 Å². The molecule has 0 aliphatic carbocycles. The molecule has 0 saturated carbocycles. The maximum absolute atomic E-state index is 11.4. The fraction of sp³-hybridized carbons (Fsp3) is 0.167. The molecule has 1 aromatic heterocycles. The van der Waals surface area contributed by atoms with Crippen molar-refractivity contribution in [2.24, 2.45) is 0 Å². The van der Waals surface area contributed by atoms with E-state index in [2.05, 4.69) is 16.4 Å². The number of carbonyl (C=O) groups excluding carboxylic acids is 1. The van der Waals surface area contributed by atoms with Crippen LogP contribution in [-0.4, -0.2) is 16.1 Å². The van der Waals surface area contributed by atoms with E-state index in [1.54, 1.807) is 23.1 Å². The highest BCUT2D eigenvalue weighted by Crippen LogP contribution is 2.30. The summed E-state index contributed by atoms with van der Waals surface area (Å²) < 4.78 is 1.17. The Morgan fingerprint density at radius 1 is 1.41 bits per heavy atom. The van der Waals surface area contributed by atoms with Crippen LogP contribution in [0.4, 0.5) is 0 Å². The van der Waals surface area contributed by atoms with Crippen LogP contribution in [0, 0.1) is 0 Å². The Labute approximate surface area is 107 Å². The monoisotopic (exact) mass is 262 g/mol. The molecule has 3 rings (SSSR count). The van der Waals surface area contributed by atoms with E-state index in [0.29, 0.717) is 0 Å². The van der Waals surface area contributed by atoms with Gasteiger partial charge in [0.15, 0.2) is 0 Å².